The minimum absolute atomic E-state index is 0.185. The minimum Gasteiger partial charge on any atom is -0.481 e. The number of piperazine rings is 1. The first-order valence-electron chi connectivity index (χ1n) is 10.2. The van der Waals surface area contributed by atoms with Crippen molar-refractivity contribution in [3.8, 4) is 17.0 Å². The molecule has 0 bridgehead atoms. The van der Waals surface area contributed by atoms with Crippen LogP contribution in [0.25, 0.3) is 11.3 Å². The van der Waals surface area contributed by atoms with Crippen LogP contribution in [0.15, 0.2) is 54.6 Å². The molecule has 1 aromatic heterocycles. The maximum Gasteiger partial charge on any atom is 0.262 e. The highest BCUT2D eigenvalue weighted by Crippen LogP contribution is 2.22. The average molecular weight is 439 g/mol. The zero-order valence-electron chi connectivity index (χ0n) is 17.6. The second-order valence-corrected chi connectivity index (χ2v) is 7.56. The zero-order chi connectivity index (χ0) is 22.5. The molecule has 3 aromatic rings. The van der Waals surface area contributed by atoms with Crippen molar-refractivity contribution in [3.63, 3.8) is 0 Å². The van der Waals surface area contributed by atoms with Gasteiger partial charge in [0.25, 0.3) is 5.91 Å². The molecule has 4 rings (SSSR count). The van der Waals surface area contributed by atoms with Gasteiger partial charge in [-0.1, -0.05) is 12.1 Å². The van der Waals surface area contributed by atoms with Gasteiger partial charge in [-0.2, -0.15) is 0 Å². The maximum atomic E-state index is 13.6. The summed E-state index contributed by atoms with van der Waals surface area (Å²) in [6, 6.07) is 13.9. The van der Waals surface area contributed by atoms with E-state index in [0.717, 1.165) is 55.4 Å². The van der Waals surface area contributed by atoms with Crippen LogP contribution in [-0.2, 0) is 4.79 Å². The van der Waals surface area contributed by atoms with Gasteiger partial charge in [0.1, 0.15) is 5.82 Å². The van der Waals surface area contributed by atoms with Gasteiger partial charge in [-0.25, -0.2) is 8.78 Å². The second-order valence-electron chi connectivity index (χ2n) is 7.56. The Morgan fingerprint density at radius 1 is 1.00 bits per heavy atom. The number of nitrogens with zero attached hydrogens (tertiary/aromatic N) is 4. The first-order valence-corrected chi connectivity index (χ1v) is 10.2. The first-order chi connectivity index (χ1) is 15.5. The summed E-state index contributed by atoms with van der Waals surface area (Å²) in [6.07, 6.45) is 0. The Hall–Kier alpha value is -3.59. The number of aromatic nitrogens is 2. The molecular weight excluding hydrogens is 416 g/mol. The Kier molecular flexibility index (Phi) is 6.55. The molecule has 32 heavy (non-hydrogen) atoms. The number of benzene rings is 2. The van der Waals surface area contributed by atoms with E-state index in [2.05, 4.69) is 32.4 Å². The fourth-order valence-electron chi connectivity index (χ4n) is 3.34. The van der Waals surface area contributed by atoms with E-state index in [-0.39, 0.29) is 5.75 Å². The fourth-order valence-corrected chi connectivity index (χ4v) is 3.34. The lowest BCUT2D eigenvalue weighted by Gasteiger charge is -2.32. The molecular formula is C23H23F2N5O2. The lowest BCUT2D eigenvalue weighted by atomic mass is 10.1. The van der Waals surface area contributed by atoms with Crippen molar-refractivity contribution in [1.82, 2.24) is 15.1 Å². The number of carbonyl (C=O) groups is 1. The van der Waals surface area contributed by atoms with Crippen LogP contribution < -0.4 is 15.0 Å². The van der Waals surface area contributed by atoms with Gasteiger partial charge in [-0.05, 0) is 43.4 Å². The van der Waals surface area contributed by atoms with E-state index in [1.807, 2.05) is 24.3 Å². The summed E-state index contributed by atoms with van der Waals surface area (Å²) in [6.45, 7) is 3.46. The summed E-state index contributed by atoms with van der Waals surface area (Å²) in [4.78, 5) is 16.6. The topological polar surface area (TPSA) is 70.6 Å². The molecule has 1 aliphatic rings. The molecule has 7 nitrogen and oxygen atoms in total. The number of anilines is 2. The summed E-state index contributed by atoms with van der Waals surface area (Å²) < 4.78 is 31.6. The number of hydrogen-bond donors (Lipinski definition) is 1. The van der Waals surface area contributed by atoms with Gasteiger partial charge in [-0.15, -0.1) is 10.2 Å². The van der Waals surface area contributed by atoms with Crippen LogP contribution in [0.2, 0.25) is 0 Å². The van der Waals surface area contributed by atoms with Crippen LogP contribution in [0, 0.1) is 11.6 Å². The summed E-state index contributed by atoms with van der Waals surface area (Å²) in [5.41, 5.74) is 2.16. The molecule has 0 unspecified atom stereocenters. The predicted molar refractivity (Wildman–Crippen MR) is 118 cm³/mol. The number of halogens is 2. The normalized spacial score (nSPS) is 14.3. The Bertz CT molecular complexity index is 1070. The number of amides is 1. The van der Waals surface area contributed by atoms with E-state index >= 15 is 0 Å². The van der Waals surface area contributed by atoms with Crippen LogP contribution in [-0.4, -0.2) is 60.8 Å². The van der Waals surface area contributed by atoms with Crippen LogP contribution in [0.5, 0.6) is 5.75 Å². The number of carbonyl (C=O) groups excluding carboxylic acids is 1. The number of nitrogens with one attached hydrogen (secondary N) is 1. The van der Waals surface area contributed by atoms with Crippen LogP contribution in [0.1, 0.15) is 0 Å². The van der Waals surface area contributed by atoms with Gasteiger partial charge < -0.3 is 19.9 Å². The van der Waals surface area contributed by atoms with Crippen LogP contribution >= 0.6 is 0 Å². The van der Waals surface area contributed by atoms with Gasteiger partial charge >= 0.3 is 0 Å². The van der Waals surface area contributed by atoms with E-state index in [4.69, 9.17) is 4.74 Å². The van der Waals surface area contributed by atoms with Crippen molar-refractivity contribution < 1.29 is 18.3 Å². The highest BCUT2D eigenvalue weighted by Gasteiger charge is 2.16. The first kappa shape index (κ1) is 21.6. The Morgan fingerprint density at radius 3 is 2.41 bits per heavy atom. The molecule has 0 aliphatic carbocycles. The van der Waals surface area contributed by atoms with Gasteiger partial charge in [0.2, 0.25) is 0 Å². The van der Waals surface area contributed by atoms with Gasteiger partial charge in [0.05, 0.1) is 5.69 Å². The standard InChI is InChI=1S/C23H23F2N5O2/c1-29-10-12-30(13-11-29)22-9-7-20(27-28-22)16-2-5-18(6-3-16)26-23(31)15-32-21-8-4-17(24)14-19(21)25/h2-9,14H,10-13,15H2,1H3,(H,26,31). The van der Waals surface area contributed by atoms with Crippen LogP contribution in [0.4, 0.5) is 20.3 Å². The monoisotopic (exact) mass is 439 g/mol. The van der Waals surface area contributed by atoms with Crippen LogP contribution in [0.3, 0.4) is 0 Å². The third kappa shape index (κ3) is 5.36. The smallest absolute Gasteiger partial charge is 0.262 e. The average Bonchev–Trinajstić information content (AvgIpc) is 2.80. The molecule has 0 radical (unpaired) electrons. The Morgan fingerprint density at radius 2 is 1.75 bits per heavy atom. The number of likely N-dealkylation sites (N-methyl/N-ethyl adjacent to an activating group) is 1. The van der Waals surface area contributed by atoms with Crippen molar-refractivity contribution >= 4 is 17.4 Å². The highest BCUT2D eigenvalue weighted by atomic mass is 19.1. The quantitative estimate of drug-likeness (QED) is 0.636. The van der Waals surface area contributed by atoms with E-state index < -0.39 is 24.1 Å². The lowest BCUT2D eigenvalue weighted by Crippen LogP contribution is -2.44. The SMILES string of the molecule is CN1CCN(c2ccc(-c3ccc(NC(=O)COc4ccc(F)cc4F)cc3)nn2)CC1. The van der Waals surface area contributed by atoms with Crippen molar-refractivity contribution in [2.45, 2.75) is 0 Å². The molecule has 1 fully saturated rings. The number of hydrogen-bond acceptors (Lipinski definition) is 6. The summed E-state index contributed by atoms with van der Waals surface area (Å²) in [7, 11) is 2.11. The van der Waals surface area contributed by atoms with Crippen molar-refractivity contribution in [2.75, 3.05) is 50.1 Å². The Labute approximate surface area is 184 Å². The number of rotatable bonds is 6. The van der Waals surface area contributed by atoms with E-state index in [1.165, 1.54) is 0 Å². The third-order valence-electron chi connectivity index (χ3n) is 5.19. The molecule has 9 heteroatoms. The molecule has 2 aromatic carbocycles. The van der Waals surface area contributed by atoms with E-state index in [1.54, 1.807) is 12.1 Å². The van der Waals surface area contributed by atoms with Gasteiger partial charge in [0.15, 0.2) is 24.0 Å². The lowest BCUT2D eigenvalue weighted by molar-refractivity contribution is -0.118. The molecule has 1 N–H and O–H groups in total. The van der Waals surface area contributed by atoms with E-state index in [0.29, 0.717) is 11.8 Å². The largest absolute Gasteiger partial charge is 0.481 e. The van der Waals surface area contributed by atoms with Gasteiger partial charge in [-0.3, -0.25) is 4.79 Å². The predicted octanol–water partition coefficient (Wildman–Crippen LogP) is 3.19. The van der Waals surface area contributed by atoms with Gasteiger partial charge in [0, 0.05) is 43.5 Å². The molecule has 1 aliphatic heterocycles. The maximum absolute atomic E-state index is 13.6. The zero-order valence-corrected chi connectivity index (χ0v) is 17.6. The molecule has 2 heterocycles. The summed E-state index contributed by atoms with van der Waals surface area (Å²) in [5, 5.41) is 11.4. The summed E-state index contributed by atoms with van der Waals surface area (Å²) >= 11 is 0. The molecule has 0 atom stereocenters. The number of ether oxygens (including phenoxy) is 1. The van der Waals surface area contributed by atoms with Crippen molar-refractivity contribution in [2.24, 2.45) is 0 Å². The minimum atomic E-state index is -0.859. The van der Waals surface area contributed by atoms with Crippen molar-refractivity contribution in [3.05, 3.63) is 66.2 Å². The fraction of sp³-hybridized carbons (Fsp3) is 0.261. The third-order valence-corrected chi connectivity index (χ3v) is 5.19. The second kappa shape index (κ2) is 9.69. The Balaban J connectivity index is 1.32. The molecule has 1 saturated heterocycles. The van der Waals surface area contributed by atoms with E-state index in [9.17, 15) is 13.6 Å². The highest BCUT2D eigenvalue weighted by molar-refractivity contribution is 5.92. The molecule has 0 spiro atoms. The van der Waals surface area contributed by atoms with Crippen molar-refractivity contribution in [1.29, 1.82) is 0 Å². The molecule has 0 saturated carbocycles. The molecule has 166 valence electrons. The summed E-state index contributed by atoms with van der Waals surface area (Å²) in [5.74, 6) is -1.35. The molecule has 1 amide bonds.